The number of H-pyrrole nitrogens is 1. The summed E-state index contributed by atoms with van der Waals surface area (Å²) in [6.45, 7) is -0.496. The maximum atomic E-state index is 13.1. The van der Waals surface area contributed by atoms with Crippen molar-refractivity contribution in [3.8, 4) is 11.3 Å². The number of nitrogens with zero attached hydrogens (tertiary/aromatic N) is 1. The summed E-state index contributed by atoms with van der Waals surface area (Å²) in [6.07, 6.45) is -3.59. The average molecular weight is 396 g/mol. The van der Waals surface area contributed by atoms with E-state index in [2.05, 4.69) is 4.98 Å². The Morgan fingerprint density at radius 3 is 2.34 bits per heavy atom. The van der Waals surface area contributed by atoms with Crippen LogP contribution in [0, 0.1) is 0 Å². The molecule has 0 radical (unpaired) electrons. The van der Waals surface area contributed by atoms with Gasteiger partial charge in [-0.25, -0.2) is 0 Å². The predicted octanol–water partition coefficient (Wildman–Crippen LogP) is 4.90. The first-order chi connectivity index (χ1) is 13.9. The zero-order valence-electron chi connectivity index (χ0n) is 15.0. The molecule has 4 rings (SSSR count). The molecule has 7 heteroatoms. The molecule has 29 heavy (non-hydrogen) atoms. The lowest BCUT2D eigenvalue weighted by Crippen LogP contribution is -2.30. The van der Waals surface area contributed by atoms with Crippen molar-refractivity contribution in [3.05, 3.63) is 94.4 Å². The van der Waals surface area contributed by atoms with Gasteiger partial charge in [0.25, 0.3) is 5.56 Å². The van der Waals surface area contributed by atoms with E-state index in [9.17, 15) is 22.8 Å². The van der Waals surface area contributed by atoms with E-state index in [-0.39, 0.29) is 0 Å². The van der Waals surface area contributed by atoms with Gasteiger partial charge in [-0.2, -0.15) is 13.2 Å². The first-order valence-electron chi connectivity index (χ1n) is 8.82. The summed E-state index contributed by atoms with van der Waals surface area (Å²) in [5.74, 6) is -0.456. The fourth-order valence-electron chi connectivity index (χ4n) is 3.36. The SMILES string of the molecule is O=C(Cn1cccc(C(F)(F)F)c1=O)c1c(-c2ccccc2)[nH]c2ccccc12. The number of benzene rings is 2. The molecule has 0 saturated heterocycles. The maximum absolute atomic E-state index is 13.1. The quantitative estimate of drug-likeness (QED) is 0.499. The number of hydrogen-bond acceptors (Lipinski definition) is 2. The largest absolute Gasteiger partial charge is 0.421 e. The third-order valence-corrected chi connectivity index (χ3v) is 4.69. The summed E-state index contributed by atoms with van der Waals surface area (Å²) in [6, 6.07) is 18.2. The molecular weight excluding hydrogens is 381 g/mol. The number of Topliss-reactive ketones (excluding diaryl/α,β-unsaturated/α-hetero) is 1. The number of hydrogen-bond donors (Lipinski definition) is 1. The Hall–Kier alpha value is -3.61. The first-order valence-corrected chi connectivity index (χ1v) is 8.82. The van der Waals surface area contributed by atoms with Gasteiger partial charge in [0.1, 0.15) is 5.56 Å². The molecular formula is C22H15F3N2O2. The fraction of sp³-hybridized carbons (Fsp3) is 0.0909. The molecule has 2 heterocycles. The third-order valence-electron chi connectivity index (χ3n) is 4.69. The van der Waals surface area contributed by atoms with Crippen molar-refractivity contribution in [2.24, 2.45) is 0 Å². The van der Waals surface area contributed by atoms with Crippen LogP contribution in [-0.4, -0.2) is 15.3 Å². The topological polar surface area (TPSA) is 54.9 Å². The average Bonchev–Trinajstić information content (AvgIpc) is 3.09. The highest BCUT2D eigenvalue weighted by molar-refractivity contribution is 6.13. The number of nitrogens with one attached hydrogen (secondary N) is 1. The fourth-order valence-corrected chi connectivity index (χ4v) is 3.36. The van der Waals surface area contributed by atoms with E-state index in [1.807, 2.05) is 42.5 Å². The molecule has 0 saturated carbocycles. The van der Waals surface area contributed by atoms with E-state index < -0.39 is 29.6 Å². The van der Waals surface area contributed by atoms with Crippen LogP contribution in [0.25, 0.3) is 22.2 Å². The summed E-state index contributed by atoms with van der Waals surface area (Å²) < 4.78 is 39.9. The number of aromatic nitrogens is 2. The summed E-state index contributed by atoms with van der Waals surface area (Å²) >= 11 is 0. The van der Waals surface area contributed by atoms with Crippen molar-refractivity contribution in [1.82, 2.24) is 9.55 Å². The van der Waals surface area contributed by atoms with Gasteiger partial charge in [0.2, 0.25) is 0 Å². The summed E-state index contributed by atoms with van der Waals surface area (Å²) in [5.41, 5.74) is -0.132. The molecule has 1 N–H and O–H groups in total. The highest BCUT2D eigenvalue weighted by Gasteiger charge is 2.34. The molecule has 0 aliphatic heterocycles. The molecule has 0 fully saturated rings. The molecule has 0 unspecified atom stereocenters. The van der Waals surface area contributed by atoms with Gasteiger partial charge in [-0.3, -0.25) is 9.59 Å². The normalized spacial score (nSPS) is 11.7. The number of fused-ring (bicyclic) bond motifs is 1. The van der Waals surface area contributed by atoms with Gasteiger partial charge in [-0.05, 0) is 23.8 Å². The smallest absolute Gasteiger partial charge is 0.354 e. The molecule has 4 aromatic rings. The standard InChI is InChI=1S/C22H15F3N2O2/c23-22(24,25)16-10-6-12-27(21(16)29)13-18(28)19-15-9-4-5-11-17(15)26-20(19)14-7-2-1-3-8-14/h1-12,26H,13H2. The third kappa shape index (κ3) is 3.47. The van der Waals surface area contributed by atoms with Gasteiger partial charge >= 0.3 is 6.18 Å². The van der Waals surface area contributed by atoms with Crippen LogP contribution >= 0.6 is 0 Å². The van der Waals surface area contributed by atoms with Crippen molar-refractivity contribution in [2.45, 2.75) is 12.7 Å². The Labute approximate surface area is 163 Å². The van der Waals surface area contributed by atoms with E-state index >= 15 is 0 Å². The van der Waals surface area contributed by atoms with Gasteiger partial charge in [-0.1, -0.05) is 48.5 Å². The lowest BCUT2D eigenvalue weighted by Gasteiger charge is -2.10. The molecule has 0 atom stereocenters. The van der Waals surface area contributed by atoms with Crippen LogP contribution in [0.4, 0.5) is 13.2 Å². The van der Waals surface area contributed by atoms with Crippen LogP contribution in [0.2, 0.25) is 0 Å². The molecule has 2 aromatic heterocycles. The number of para-hydroxylation sites is 1. The number of carbonyl (C=O) groups is 1. The van der Waals surface area contributed by atoms with Crippen LogP contribution in [0.15, 0.2) is 77.7 Å². The molecule has 0 amide bonds. The minimum absolute atomic E-state index is 0.344. The Bertz CT molecular complexity index is 1250. The number of rotatable bonds is 4. The van der Waals surface area contributed by atoms with Gasteiger partial charge in [0.05, 0.1) is 17.8 Å². The van der Waals surface area contributed by atoms with Gasteiger partial charge < -0.3 is 9.55 Å². The Kier molecular flexibility index (Phi) is 4.58. The second-order valence-corrected chi connectivity index (χ2v) is 6.56. The van der Waals surface area contributed by atoms with Crippen LogP contribution in [0.5, 0.6) is 0 Å². The van der Waals surface area contributed by atoms with Crippen molar-refractivity contribution in [2.75, 3.05) is 0 Å². The summed E-state index contributed by atoms with van der Waals surface area (Å²) in [7, 11) is 0. The van der Waals surface area contributed by atoms with Crippen molar-refractivity contribution < 1.29 is 18.0 Å². The van der Waals surface area contributed by atoms with E-state index in [4.69, 9.17) is 0 Å². The zero-order valence-corrected chi connectivity index (χ0v) is 15.0. The predicted molar refractivity (Wildman–Crippen MR) is 104 cm³/mol. The number of halogens is 3. The second-order valence-electron chi connectivity index (χ2n) is 6.56. The van der Waals surface area contributed by atoms with Crippen LogP contribution in [0.3, 0.4) is 0 Å². The van der Waals surface area contributed by atoms with Crippen molar-refractivity contribution in [3.63, 3.8) is 0 Å². The highest BCUT2D eigenvalue weighted by atomic mass is 19.4. The van der Waals surface area contributed by atoms with Crippen LogP contribution in [0.1, 0.15) is 15.9 Å². The Morgan fingerprint density at radius 2 is 1.62 bits per heavy atom. The minimum atomic E-state index is -4.78. The van der Waals surface area contributed by atoms with Gasteiger partial charge in [0.15, 0.2) is 5.78 Å². The highest BCUT2D eigenvalue weighted by Crippen LogP contribution is 2.31. The molecule has 0 aliphatic carbocycles. The van der Waals surface area contributed by atoms with E-state index in [1.165, 1.54) is 6.20 Å². The number of aromatic amines is 1. The minimum Gasteiger partial charge on any atom is -0.354 e. The van der Waals surface area contributed by atoms with Crippen LogP contribution < -0.4 is 5.56 Å². The lowest BCUT2D eigenvalue weighted by atomic mass is 10.0. The Morgan fingerprint density at radius 1 is 0.931 bits per heavy atom. The lowest BCUT2D eigenvalue weighted by molar-refractivity contribution is -0.138. The van der Waals surface area contributed by atoms with Crippen molar-refractivity contribution >= 4 is 16.7 Å². The van der Waals surface area contributed by atoms with Gasteiger partial charge in [-0.15, -0.1) is 0 Å². The second kappa shape index (κ2) is 7.09. The van der Waals surface area contributed by atoms with E-state index in [1.54, 1.807) is 12.1 Å². The maximum Gasteiger partial charge on any atom is 0.421 e. The van der Waals surface area contributed by atoms with Crippen LogP contribution in [-0.2, 0) is 12.7 Å². The molecule has 2 aromatic carbocycles. The molecule has 0 aliphatic rings. The van der Waals surface area contributed by atoms with E-state index in [0.717, 1.165) is 21.7 Å². The molecule has 4 nitrogen and oxygen atoms in total. The monoisotopic (exact) mass is 396 g/mol. The number of pyridine rings is 1. The molecule has 0 spiro atoms. The first kappa shape index (κ1) is 18.7. The Balaban J connectivity index is 1.82. The zero-order chi connectivity index (χ0) is 20.6. The van der Waals surface area contributed by atoms with Gasteiger partial charge in [0, 0.05) is 17.1 Å². The molecule has 0 bridgehead atoms. The summed E-state index contributed by atoms with van der Waals surface area (Å²) in [5, 5.41) is 0.649. The van der Waals surface area contributed by atoms with E-state index in [0.29, 0.717) is 22.7 Å². The number of carbonyl (C=O) groups excluding carboxylic acids is 1. The number of ketones is 1. The number of alkyl halides is 3. The van der Waals surface area contributed by atoms with Crippen molar-refractivity contribution in [1.29, 1.82) is 0 Å². The summed E-state index contributed by atoms with van der Waals surface area (Å²) in [4.78, 5) is 28.6. The molecule has 146 valence electrons.